The number of carbonyl (C=O) groups excluding carboxylic acids is 2. The molecule has 2 aliphatic rings. The molecule has 4 aromatic rings. The SMILES string of the molecule is Brc1ccc(OCc2ccccc2)cn1.CC(C)(C)OC(=O)N1CCN(c2ccc(OCc3ccccc3)cn2)CC1.CC(C)(C)OC(=O)N1CCNCC1. The first-order valence-corrected chi connectivity index (χ1v) is 19.4. The van der Waals surface area contributed by atoms with E-state index in [1.807, 2.05) is 126 Å². The molecule has 0 saturated carbocycles. The van der Waals surface area contributed by atoms with Crippen LogP contribution in [-0.4, -0.2) is 95.5 Å². The Morgan fingerprint density at radius 2 is 1.07 bits per heavy atom. The quantitative estimate of drug-likeness (QED) is 0.184. The number of piperazine rings is 2. The predicted molar refractivity (Wildman–Crippen MR) is 218 cm³/mol. The monoisotopic (exact) mass is 818 g/mol. The number of pyridine rings is 2. The molecule has 2 amide bonds. The summed E-state index contributed by atoms with van der Waals surface area (Å²) in [5, 5.41) is 3.18. The smallest absolute Gasteiger partial charge is 0.410 e. The van der Waals surface area contributed by atoms with Crippen LogP contribution in [0.2, 0.25) is 0 Å². The van der Waals surface area contributed by atoms with Gasteiger partial charge in [-0.1, -0.05) is 60.7 Å². The van der Waals surface area contributed by atoms with E-state index in [2.05, 4.69) is 36.1 Å². The summed E-state index contributed by atoms with van der Waals surface area (Å²) in [6.45, 7) is 18.3. The fourth-order valence-corrected chi connectivity index (χ4v) is 5.43. The largest absolute Gasteiger partial charge is 0.487 e. The Kier molecular flexibility index (Phi) is 16.6. The highest BCUT2D eigenvalue weighted by Gasteiger charge is 2.26. The molecule has 55 heavy (non-hydrogen) atoms. The summed E-state index contributed by atoms with van der Waals surface area (Å²) in [6.07, 6.45) is 3.00. The Morgan fingerprint density at radius 3 is 1.49 bits per heavy atom. The molecule has 4 heterocycles. The number of benzene rings is 2. The molecule has 13 heteroatoms. The highest BCUT2D eigenvalue weighted by atomic mass is 79.9. The Balaban J connectivity index is 0.000000202. The number of anilines is 1. The lowest BCUT2D eigenvalue weighted by Crippen LogP contribution is -2.50. The summed E-state index contributed by atoms with van der Waals surface area (Å²) in [5.74, 6) is 2.42. The molecule has 2 aliphatic heterocycles. The van der Waals surface area contributed by atoms with Crippen molar-refractivity contribution in [2.75, 3.05) is 57.3 Å². The maximum atomic E-state index is 12.1. The molecule has 0 radical (unpaired) electrons. The minimum atomic E-state index is -0.467. The van der Waals surface area contributed by atoms with Crippen LogP contribution in [0.1, 0.15) is 52.7 Å². The highest BCUT2D eigenvalue weighted by molar-refractivity contribution is 9.10. The first-order valence-electron chi connectivity index (χ1n) is 18.6. The van der Waals surface area contributed by atoms with Gasteiger partial charge in [-0.3, -0.25) is 0 Å². The number of rotatable bonds is 7. The van der Waals surface area contributed by atoms with Gasteiger partial charge in [0, 0.05) is 52.4 Å². The maximum Gasteiger partial charge on any atom is 0.410 e. The molecular weight excluding hydrogens is 764 g/mol. The average Bonchev–Trinajstić information content (AvgIpc) is 3.17. The molecule has 2 aromatic carbocycles. The molecule has 2 saturated heterocycles. The number of carbonyl (C=O) groups is 2. The van der Waals surface area contributed by atoms with Gasteiger partial charge in [0.2, 0.25) is 0 Å². The normalized spacial score (nSPS) is 14.3. The molecule has 2 fully saturated rings. The van der Waals surface area contributed by atoms with E-state index in [4.69, 9.17) is 18.9 Å². The second-order valence-electron chi connectivity index (χ2n) is 14.9. The van der Waals surface area contributed by atoms with Gasteiger partial charge in [0.25, 0.3) is 0 Å². The van der Waals surface area contributed by atoms with Gasteiger partial charge in [-0.05, 0) is 92.9 Å². The maximum absolute atomic E-state index is 12.1. The minimum absolute atomic E-state index is 0.200. The van der Waals surface area contributed by atoms with Crippen LogP contribution < -0.4 is 19.7 Å². The van der Waals surface area contributed by atoms with E-state index in [9.17, 15) is 9.59 Å². The molecule has 2 aromatic heterocycles. The number of amides is 2. The number of hydrogen-bond donors (Lipinski definition) is 1. The van der Waals surface area contributed by atoms with Crippen molar-refractivity contribution >= 4 is 33.9 Å². The molecule has 0 atom stereocenters. The number of nitrogens with one attached hydrogen (secondary N) is 1. The first kappa shape index (κ1) is 42.9. The van der Waals surface area contributed by atoms with E-state index >= 15 is 0 Å². The van der Waals surface area contributed by atoms with Gasteiger partial charge in [0.15, 0.2) is 0 Å². The third-order valence-electron chi connectivity index (χ3n) is 7.94. The van der Waals surface area contributed by atoms with Crippen LogP contribution in [0.15, 0.2) is 102 Å². The van der Waals surface area contributed by atoms with E-state index in [1.165, 1.54) is 0 Å². The van der Waals surface area contributed by atoms with Crippen LogP contribution >= 0.6 is 15.9 Å². The standard InChI is InChI=1S/C21H27N3O3.C12H10BrNO.C9H18N2O2/c1-21(2,3)27-20(25)24-13-11-23(12-14-24)19-10-9-18(15-22-19)26-16-17-7-5-4-6-8-17;13-12-7-6-11(8-14-12)15-9-10-4-2-1-3-5-10;1-9(2,3)13-8(12)11-6-4-10-5-7-11/h4-10,15H,11-14,16H2,1-3H3;1-8H,9H2;10H,4-7H2,1-3H3. The number of nitrogens with zero attached hydrogens (tertiary/aromatic N) is 5. The lowest BCUT2D eigenvalue weighted by atomic mass is 10.2. The lowest BCUT2D eigenvalue weighted by molar-refractivity contribution is 0.0223. The molecule has 1 N–H and O–H groups in total. The zero-order valence-corrected chi connectivity index (χ0v) is 34.5. The second-order valence-corrected chi connectivity index (χ2v) is 15.7. The number of hydrogen-bond acceptors (Lipinski definition) is 10. The van der Waals surface area contributed by atoms with Gasteiger partial charge in [0.05, 0.1) is 12.4 Å². The van der Waals surface area contributed by atoms with E-state index < -0.39 is 5.60 Å². The van der Waals surface area contributed by atoms with Crippen molar-refractivity contribution in [1.29, 1.82) is 0 Å². The summed E-state index contributed by atoms with van der Waals surface area (Å²) in [4.78, 5) is 37.9. The fraction of sp³-hybridized carbons (Fsp3) is 0.429. The van der Waals surface area contributed by atoms with E-state index in [0.29, 0.717) is 26.3 Å². The van der Waals surface area contributed by atoms with Gasteiger partial charge < -0.3 is 39.0 Å². The Morgan fingerprint density at radius 1 is 0.618 bits per heavy atom. The molecule has 6 rings (SSSR count). The fourth-order valence-electron chi connectivity index (χ4n) is 5.19. The summed E-state index contributed by atoms with van der Waals surface area (Å²) in [7, 11) is 0. The van der Waals surface area contributed by atoms with Crippen LogP contribution in [0.5, 0.6) is 11.5 Å². The summed E-state index contributed by atoms with van der Waals surface area (Å²) in [6, 6.07) is 27.8. The van der Waals surface area contributed by atoms with Gasteiger partial charge in [-0.15, -0.1) is 0 Å². The van der Waals surface area contributed by atoms with Crippen molar-refractivity contribution in [3.05, 3.63) is 113 Å². The van der Waals surface area contributed by atoms with E-state index in [0.717, 1.165) is 72.3 Å². The van der Waals surface area contributed by atoms with Crippen molar-refractivity contribution in [3.63, 3.8) is 0 Å². The summed E-state index contributed by atoms with van der Waals surface area (Å²) in [5.41, 5.74) is 1.42. The van der Waals surface area contributed by atoms with Crippen LogP contribution in [0, 0.1) is 0 Å². The number of ether oxygens (including phenoxy) is 4. The third-order valence-corrected chi connectivity index (χ3v) is 8.41. The lowest BCUT2D eigenvalue weighted by Gasteiger charge is -2.36. The van der Waals surface area contributed by atoms with Gasteiger partial charge in [-0.2, -0.15) is 0 Å². The van der Waals surface area contributed by atoms with Crippen LogP contribution in [0.3, 0.4) is 0 Å². The van der Waals surface area contributed by atoms with Crippen molar-refractivity contribution in [2.45, 2.75) is 66.0 Å². The number of halogens is 1. The molecule has 296 valence electrons. The van der Waals surface area contributed by atoms with Gasteiger partial charge >= 0.3 is 12.2 Å². The van der Waals surface area contributed by atoms with Crippen molar-refractivity contribution in [1.82, 2.24) is 25.1 Å². The molecule has 0 aliphatic carbocycles. The average molecular weight is 820 g/mol. The Bertz CT molecular complexity index is 1700. The van der Waals surface area contributed by atoms with Crippen molar-refractivity contribution < 1.29 is 28.5 Å². The summed E-state index contributed by atoms with van der Waals surface area (Å²) >= 11 is 3.27. The van der Waals surface area contributed by atoms with Gasteiger partial charge in [-0.25, -0.2) is 19.6 Å². The van der Waals surface area contributed by atoms with E-state index in [-0.39, 0.29) is 17.8 Å². The zero-order chi connectivity index (χ0) is 39.7. The van der Waals surface area contributed by atoms with Crippen LogP contribution in [0.25, 0.3) is 0 Å². The van der Waals surface area contributed by atoms with Crippen LogP contribution in [0.4, 0.5) is 15.4 Å². The highest BCUT2D eigenvalue weighted by Crippen LogP contribution is 2.20. The topological polar surface area (TPSA) is 119 Å². The summed E-state index contributed by atoms with van der Waals surface area (Å²) < 4.78 is 22.8. The third kappa shape index (κ3) is 16.6. The predicted octanol–water partition coefficient (Wildman–Crippen LogP) is 7.97. The number of aromatic nitrogens is 2. The van der Waals surface area contributed by atoms with Crippen LogP contribution in [-0.2, 0) is 22.7 Å². The minimum Gasteiger partial charge on any atom is -0.487 e. The molecule has 0 spiro atoms. The van der Waals surface area contributed by atoms with Crippen molar-refractivity contribution in [2.24, 2.45) is 0 Å². The zero-order valence-electron chi connectivity index (χ0n) is 32.9. The Hall–Kier alpha value is -4.88. The van der Waals surface area contributed by atoms with Gasteiger partial charge in [0.1, 0.15) is 46.3 Å². The molecule has 0 unspecified atom stereocenters. The second kappa shape index (κ2) is 21.3. The van der Waals surface area contributed by atoms with E-state index in [1.54, 1.807) is 22.2 Å². The molecule has 0 bridgehead atoms. The Labute approximate surface area is 334 Å². The van der Waals surface area contributed by atoms with Crippen molar-refractivity contribution in [3.8, 4) is 11.5 Å². The molecule has 12 nitrogen and oxygen atoms in total. The first-order chi connectivity index (χ1) is 26.2. The molecular formula is C42H55BrN6O6.